The molecule has 3 nitrogen and oxygen atoms in total. The van der Waals surface area contributed by atoms with Gasteiger partial charge in [0.2, 0.25) is 5.95 Å². The first-order valence-electron chi connectivity index (χ1n) is 5.36. The highest BCUT2D eigenvalue weighted by molar-refractivity contribution is 9.10. The van der Waals surface area contributed by atoms with Crippen molar-refractivity contribution in [2.75, 3.05) is 5.73 Å². The van der Waals surface area contributed by atoms with E-state index >= 15 is 0 Å². The number of fused-ring (bicyclic) bond motifs is 1. The predicted molar refractivity (Wildman–Crippen MR) is 73.1 cm³/mol. The second-order valence-corrected chi connectivity index (χ2v) is 4.72. The summed E-state index contributed by atoms with van der Waals surface area (Å²) in [6.45, 7) is 0. The molecule has 3 rings (SSSR count). The first kappa shape index (κ1) is 11.2. The van der Waals surface area contributed by atoms with Gasteiger partial charge in [0.1, 0.15) is 5.52 Å². The Morgan fingerprint density at radius 3 is 2.67 bits per heavy atom. The maximum atomic E-state index is 13.7. The van der Waals surface area contributed by atoms with Crippen LogP contribution < -0.4 is 5.73 Å². The third-order valence-corrected chi connectivity index (χ3v) is 3.43. The standard InChI is InChI=1S/C13H9BrFN3/c14-8-4-1-2-6-10(8)18-11-7-3-5-9(15)12(11)17-13(18)16/h1-7H,(H2,16,17). The number of rotatable bonds is 1. The van der Waals surface area contributed by atoms with E-state index in [1.807, 2.05) is 24.3 Å². The summed E-state index contributed by atoms with van der Waals surface area (Å²) in [5.74, 6) is -0.105. The quantitative estimate of drug-likeness (QED) is 0.747. The molecule has 5 heteroatoms. The molecular formula is C13H9BrFN3. The maximum absolute atomic E-state index is 13.7. The van der Waals surface area contributed by atoms with E-state index in [2.05, 4.69) is 20.9 Å². The van der Waals surface area contributed by atoms with E-state index < -0.39 is 0 Å². The van der Waals surface area contributed by atoms with Gasteiger partial charge in [0.05, 0.1) is 11.2 Å². The number of hydrogen-bond donors (Lipinski definition) is 1. The van der Waals surface area contributed by atoms with Crippen molar-refractivity contribution in [1.29, 1.82) is 0 Å². The Kier molecular flexibility index (Phi) is 2.56. The van der Waals surface area contributed by atoms with Gasteiger partial charge in [-0.2, -0.15) is 0 Å². The normalized spacial score (nSPS) is 11.0. The van der Waals surface area contributed by atoms with Crippen molar-refractivity contribution in [3.63, 3.8) is 0 Å². The fourth-order valence-electron chi connectivity index (χ4n) is 1.97. The van der Waals surface area contributed by atoms with Crippen molar-refractivity contribution in [2.45, 2.75) is 0 Å². The number of halogens is 2. The highest BCUT2D eigenvalue weighted by Gasteiger charge is 2.14. The molecule has 0 radical (unpaired) electrons. The van der Waals surface area contributed by atoms with Crippen LogP contribution in [0.2, 0.25) is 0 Å². The van der Waals surface area contributed by atoms with Crippen molar-refractivity contribution in [3.05, 3.63) is 52.8 Å². The Morgan fingerprint density at radius 2 is 1.89 bits per heavy atom. The van der Waals surface area contributed by atoms with Crippen LogP contribution in [-0.4, -0.2) is 9.55 Å². The number of para-hydroxylation sites is 2. The SMILES string of the molecule is Nc1nc2c(F)cccc2n1-c1ccccc1Br. The molecule has 18 heavy (non-hydrogen) atoms. The zero-order valence-corrected chi connectivity index (χ0v) is 10.9. The number of nitrogens with two attached hydrogens (primary N) is 1. The number of benzene rings is 2. The highest BCUT2D eigenvalue weighted by atomic mass is 79.9. The van der Waals surface area contributed by atoms with Crippen molar-refractivity contribution in [3.8, 4) is 5.69 Å². The van der Waals surface area contributed by atoms with E-state index in [0.29, 0.717) is 5.52 Å². The first-order chi connectivity index (χ1) is 8.68. The molecule has 0 amide bonds. The molecule has 0 aliphatic heterocycles. The number of aromatic nitrogens is 2. The third-order valence-electron chi connectivity index (χ3n) is 2.76. The van der Waals surface area contributed by atoms with Gasteiger partial charge in [-0.3, -0.25) is 4.57 Å². The molecule has 0 bridgehead atoms. The summed E-state index contributed by atoms with van der Waals surface area (Å²) in [6.07, 6.45) is 0. The zero-order chi connectivity index (χ0) is 12.7. The fourth-order valence-corrected chi connectivity index (χ4v) is 2.43. The summed E-state index contributed by atoms with van der Waals surface area (Å²) >= 11 is 3.46. The molecule has 1 aromatic heterocycles. The van der Waals surface area contributed by atoms with E-state index in [-0.39, 0.29) is 17.3 Å². The average Bonchev–Trinajstić information content (AvgIpc) is 2.68. The molecule has 0 atom stereocenters. The number of nitrogens with zero attached hydrogens (tertiary/aromatic N) is 2. The molecule has 0 saturated carbocycles. The second-order valence-electron chi connectivity index (χ2n) is 3.86. The van der Waals surface area contributed by atoms with Gasteiger partial charge in [-0.15, -0.1) is 0 Å². The molecule has 2 aromatic carbocycles. The van der Waals surface area contributed by atoms with Gasteiger partial charge in [0, 0.05) is 4.47 Å². The maximum Gasteiger partial charge on any atom is 0.206 e. The van der Waals surface area contributed by atoms with Crippen molar-refractivity contribution in [1.82, 2.24) is 9.55 Å². The largest absolute Gasteiger partial charge is 0.369 e. The van der Waals surface area contributed by atoms with E-state index in [0.717, 1.165) is 10.2 Å². The summed E-state index contributed by atoms with van der Waals surface area (Å²) in [5, 5.41) is 0. The van der Waals surface area contributed by atoms with Gasteiger partial charge < -0.3 is 5.73 Å². The minimum Gasteiger partial charge on any atom is -0.369 e. The van der Waals surface area contributed by atoms with Crippen LogP contribution in [0.5, 0.6) is 0 Å². The number of imidazole rings is 1. The van der Waals surface area contributed by atoms with Gasteiger partial charge in [0.25, 0.3) is 0 Å². The lowest BCUT2D eigenvalue weighted by atomic mass is 10.2. The van der Waals surface area contributed by atoms with Gasteiger partial charge in [-0.25, -0.2) is 9.37 Å². The van der Waals surface area contributed by atoms with E-state index in [1.165, 1.54) is 6.07 Å². The minimum absolute atomic E-state index is 0.266. The molecule has 2 N–H and O–H groups in total. The highest BCUT2D eigenvalue weighted by Crippen LogP contribution is 2.28. The van der Waals surface area contributed by atoms with E-state index in [1.54, 1.807) is 16.7 Å². The minimum atomic E-state index is -0.370. The summed E-state index contributed by atoms with van der Waals surface area (Å²) in [4.78, 5) is 4.08. The fraction of sp³-hybridized carbons (Fsp3) is 0. The Bertz CT molecular complexity index is 736. The Hall–Kier alpha value is -1.88. The molecule has 0 aliphatic carbocycles. The molecule has 0 saturated heterocycles. The Morgan fingerprint density at radius 1 is 1.11 bits per heavy atom. The van der Waals surface area contributed by atoms with Crippen LogP contribution >= 0.6 is 15.9 Å². The van der Waals surface area contributed by atoms with Gasteiger partial charge in [0.15, 0.2) is 5.82 Å². The summed E-state index contributed by atoms with van der Waals surface area (Å²) in [5.41, 5.74) is 7.66. The topological polar surface area (TPSA) is 43.8 Å². The molecule has 0 aliphatic rings. The second kappa shape index (κ2) is 4.10. The van der Waals surface area contributed by atoms with Crippen LogP contribution in [0.25, 0.3) is 16.7 Å². The van der Waals surface area contributed by atoms with Crippen molar-refractivity contribution >= 4 is 32.9 Å². The van der Waals surface area contributed by atoms with E-state index in [9.17, 15) is 4.39 Å². The van der Waals surface area contributed by atoms with Crippen LogP contribution in [-0.2, 0) is 0 Å². The average molecular weight is 306 g/mol. The van der Waals surface area contributed by atoms with Crippen molar-refractivity contribution in [2.24, 2.45) is 0 Å². The number of hydrogen-bond acceptors (Lipinski definition) is 2. The lowest BCUT2D eigenvalue weighted by molar-refractivity contribution is 0.637. The number of nitrogen functional groups attached to an aromatic ring is 1. The molecule has 0 spiro atoms. The summed E-state index contributed by atoms with van der Waals surface area (Å²) in [7, 11) is 0. The van der Waals surface area contributed by atoms with Gasteiger partial charge >= 0.3 is 0 Å². The molecule has 1 heterocycles. The van der Waals surface area contributed by atoms with Crippen LogP contribution in [0.3, 0.4) is 0 Å². The van der Waals surface area contributed by atoms with Crippen LogP contribution in [0.15, 0.2) is 46.9 Å². The molecular weight excluding hydrogens is 297 g/mol. The summed E-state index contributed by atoms with van der Waals surface area (Å²) in [6, 6.07) is 12.4. The Labute approximate surface area is 111 Å². The van der Waals surface area contributed by atoms with Crippen molar-refractivity contribution < 1.29 is 4.39 Å². The van der Waals surface area contributed by atoms with Gasteiger partial charge in [-0.05, 0) is 40.2 Å². The molecule has 0 unspecified atom stereocenters. The van der Waals surface area contributed by atoms with Crippen LogP contribution in [0.4, 0.5) is 10.3 Å². The Balaban J connectivity index is 2.40. The van der Waals surface area contributed by atoms with E-state index in [4.69, 9.17) is 5.73 Å². The van der Waals surface area contributed by atoms with Crippen LogP contribution in [0, 0.1) is 5.82 Å². The lowest BCUT2D eigenvalue weighted by Crippen LogP contribution is -2.01. The summed E-state index contributed by atoms with van der Waals surface area (Å²) < 4.78 is 16.3. The molecule has 3 aromatic rings. The zero-order valence-electron chi connectivity index (χ0n) is 9.27. The lowest BCUT2D eigenvalue weighted by Gasteiger charge is -2.08. The first-order valence-corrected chi connectivity index (χ1v) is 6.15. The molecule has 90 valence electrons. The number of anilines is 1. The van der Waals surface area contributed by atoms with Crippen LogP contribution in [0.1, 0.15) is 0 Å². The molecule has 0 fully saturated rings. The van der Waals surface area contributed by atoms with Gasteiger partial charge in [-0.1, -0.05) is 18.2 Å². The smallest absolute Gasteiger partial charge is 0.206 e. The third kappa shape index (κ3) is 1.59. The predicted octanol–water partition coefficient (Wildman–Crippen LogP) is 3.51. The monoisotopic (exact) mass is 305 g/mol.